The van der Waals surface area contributed by atoms with Crippen molar-refractivity contribution in [2.24, 2.45) is 11.7 Å². The van der Waals surface area contributed by atoms with Gasteiger partial charge in [0.15, 0.2) is 0 Å². The molecule has 0 aromatic heterocycles. The van der Waals surface area contributed by atoms with Crippen LogP contribution in [0.25, 0.3) is 0 Å². The van der Waals surface area contributed by atoms with E-state index in [4.69, 9.17) is 10.5 Å². The average Bonchev–Trinajstić information content (AvgIpc) is 2.42. The van der Waals surface area contributed by atoms with Gasteiger partial charge in [-0.1, -0.05) is 13.0 Å². The molecule has 74 valence electrons. The highest BCUT2D eigenvalue weighted by Crippen LogP contribution is 2.29. The fraction of sp³-hybridized carbons (Fsp3) is 0.364. The molecule has 0 heterocycles. The second kappa shape index (κ2) is 3.33. The van der Waals surface area contributed by atoms with Gasteiger partial charge in [-0.15, -0.1) is 0 Å². The van der Waals surface area contributed by atoms with E-state index in [1.807, 2.05) is 12.1 Å². The highest BCUT2D eigenvalue weighted by atomic mass is 16.5. The third kappa shape index (κ3) is 1.71. The first-order valence-electron chi connectivity index (χ1n) is 4.74. The smallest absolute Gasteiger partial charge is 0.409 e. The molecule has 1 atom stereocenters. The fourth-order valence-corrected chi connectivity index (χ4v) is 1.99. The van der Waals surface area contributed by atoms with Crippen LogP contribution in [0.1, 0.15) is 18.1 Å². The van der Waals surface area contributed by atoms with Crippen molar-refractivity contribution >= 4 is 6.09 Å². The van der Waals surface area contributed by atoms with Gasteiger partial charge in [0.2, 0.25) is 0 Å². The lowest BCUT2D eigenvalue weighted by molar-refractivity contribution is 0.211. The predicted octanol–water partition coefficient (Wildman–Crippen LogP) is 1.88. The summed E-state index contributed by atoms with van der Waals surface area (Å²) in [5.74, 6) is 1.24. The van der Waals surface area contributed by atoms with E-state index < -0.39 is 6.09 Å². The van der Waals surface area contributed by atoms with Crippen molar-refractivity contribution in [3.63, 3.8) is 0 Å². The number of ether oxygens (including phenoxy) is 1. The molecule has 0 fully saturated rings. The Bertz CT molecular complexity index is 374. The minimum Gasteiger partial charge on any atom is -0.410 e. The van der Waals surface area contributed by atoms with E-state index >= 15 is 0 Å². The Morgan fingerprint density at radius 3 is 2.86 bits per heavy atom. The van der Waals surface area contributed by atoms with Gasteiger partial charge in [-0.2, -0.15) is 0 Å². The summed E-state index contributed by atoms with van der Waals surface area (Å²) in [4.78, 5) is 10.5. The van der Waals surface area contributed by atoms with Gasteiger partial charge >= 0.3 is 6.09 Å². The lowest BCUT2D eigenvalue weighted by Gasteiger charge is -2.03. The van der Waals surface area contributed by atoms with Crippen LogP contribution in [0.15, 0.2) is 18.2 Å². The van der Waals surface area contributed by atoms with Crippen LogP contribution in [0, 0.1) is 5.92 Å². The van der Waals surface area contributed by atoms with E-state index in [1.54, 1.807) is 6.07 Å². The van der Waals surface area contributed by atoms with Crippen molar-refractivity contribution in [2.75, 3.05) is 0 Å². The van der Waals surface area contributed by atoms with Crippen LogP contribution in [-0.2, 0) is 12.8 Å². The van der Waals surface area contributed by atoms with Crippen LogP contribution in [0.4, 0.5) is 4.79 Å². The van der Waals surface area contributed by atoms with Gasteiger partial charge in [0.05, 0.1) is 0 Å². The largest absolute Gasteiger partial charge is 0.410 e. The number of carbonyl (C=O) groups is 1. The average molecular weight is 191 g/mol. The van der Waals surface area contributed by atoms with Crippen molar-refractivity contribution in [2.45, 2.75) is 19.8 Å². The number of benzene rings is 1. The maximum Gasteiger partial charge on any atom is 0.409 e. The molecule has 0 spiro atoms. The molecule has 3 heteroatoms. The quantitative estimate of drug-likeness (QED) is 0.736. The minimum absolute atomic E-state index is 0.547. The molecular weight excluding hydrogens is 178 g/mol. The topological polar surface area (TPSA) is 52.3 Å². The van der Waals surface area contributed by atoms with Gasteiger partial charge in [0.25, 0.3) is 0 Å². The van der Waals surface area contributed by atoms with Gasteiger partial charge in [0, 0.05) is 0 Å². The van der Waals surface area contributed by atoms with Crippen molar-refractivity contribution in [3.05, 3.63) is 29.3 Å². The lowest BCUT2D eigenvalue weighted by Crippen LogP contribution is -2.16. The molecule has 1 amide bonds. The summed E-state index contributed by atoms with van der Waals surface area (Å²) in [6, 6.07) is 5.71. The third-order valence-corrected chi connectivity index (χ3v) is 2.53. The number of nitrogens with two attached hydrogens (primary N) is 1. The Kier molecular flexibility index (Phi) is 2.15. The number of hydrogen-bond donors (Lipinski definition) is 1. The molecule has 1 aliphatic rings. The molecule has 0 aliphatic heterocycles. The van der Waals surface area contributed by atoms with Crippen LogP contribution >= 0.6 is 0 Å². The molecule has 0 saturated carbocycles. The molecule has 2 rings (SSSR count). The third-order valence-electron chi connectivity index (χ3n) is 2.53. The zero-order valence-electron chi connectivity index (χ0n) is 8.12. The SMILES string of the molecule is CC1Cc2ccc(OC(N)=O)cc2C1. The molecule has 0 saturated heterocycles. The Morgan fingerprint density at radius 1 is 1.43 bits per heavy atom. The van der Waals surface area contributed by atoms with Gasteiger partial charge in [-0.05, 0) is 42.0 Å². The summed E-state index contributed by atoms with van der Waals surface area (Å²) in [6.07, 6.45) is 1.42. The van der Waals surface area contributed by atoms with E-state index in [0.29, 0.717) is 11.7 Å². The van der Waals surface area contributed by atoms with Crippen molar-refractivity contribution in [3.8, 4) is 5.75 Å². The fourth-order valence-electron chi connectivity index (χ4n) is 1.99. The summed E-state index contributed by atoms with van der Waals surface area (Å²) in [5, 5.41) is 0. The standard InChI is InChI=1S/C11H13NO2/c1-7-4-8-2-3-10(14-11(12)13)6-9(8)5-7/h2-3,6-7H,4-5H2,1H3,(H2,12,13). The van der Waals surface area contributed by atoms with Crippen molar-refractivity contribution < 1.29 is 9.53 Å². The van der Waals surface area contributed by atoms with E-state index in [9.17, 15) is 4.79 Å². The lowest BCUT2D eigenvalue weighted by atomic mass is 10.1. The van der Waals surface area contributed by atoms with Gasteiger partial charge < -0.3 is 10.5 Å². The van der Waals surface area contributed by atoms with Crippen molar-refractivity contribution in [1.29, 1.82) is 0 Å². The highest BCUT2D eigenvalue weighted by molar-refractivity contribution is 5.68. The van der Waals surface area contributed by atoms with Crippen molar-refractivity contribution in [1.82, 2.24) is 0 Å². The summed E-state index contributed by atoms with van der Waals surface area (Å²) in [5.41, 5.74) is 7.57. The number of carbonyl (C=O) groups excluding carboxylic acids is 1. The van der Waals surface area contributed by atoms with Gasteiger partial charge in [-0.25, -0.2) is 4.79 Å². The summed E-state index contributed by atoms with van der Waals surface area (Å²) in [7, 11) is 0. The monoisotopic (exact) mass is 191 g/mol. The zero-order chi connectivity index (χ0) is 10.1. The van der Waals surface area contributed by atoms with E-state index in [2.05, 4.69) is 6.92 Å². The summed E-state index contributed by atoms with van der Waals surface area (Å²) >= 11 is 0. The van der Waals surface area contributed by atoms with Crippen LogP contribution in [0.3, 0.4) is 0 Å². The molecule has 1 aliphatic carbocycles. The molecule has 0 bridgehead atoms. The number of amides is 1. The maximum absolute atomic E-state index is 10.5. The van der Waals surface area contributed by atoms with Gasteiger partial charge in [0.1, 0.15) is 5.75 Å². The number of fused-ring (bicyclic) bond motifs is 1. The van der Waals surface area contributed by atoms with Crippen LogP contribution in [0.5, 0.6) is 5.75 Å². The Hall–Kier alpha value is -1.51. The first-order valence-corrected chi connectivity index (χ1v) is 4.74. The van der Waals surface area contributed by atoms with E-state index in [-0.39, 0.29) is 0 Å². The molecule has 3 nitrogen and oxygen atoms in total. The Balaban J connectivity index is 2.24. The predicted molar refractivity (Wildman–Crippen MR) is 53.2 cm³/mol. The van der Waals surface area contributed by atoms with Crippen LogP contribution in [-0.4, -0.2) is 6.09 Å². The molecule has 1 aromatic rings. The first kappa shape index (κ1) is 9.06. The number of hydrogen-bond acceptors (Lipinski definition) is 2. The second-order valence-corrected chi connectivity index (χ2v) is 3.87. The molecule has 14 heavy (non-hydrogen) atoms. The normalized spacial score (nSPS) is 19.1. The second-order valence-electron chi connectivity index (χ2n) is 3.87. The molecule has 1 aromatic carbocycles. The van der Waals surface area contributed by atoms with Crippen LogP contribution < -0.4 is 10.5 Å². The van der Waals surface area contributed by atoms with Crippen LogP contribution in [0.2, 0.25) is 0 Å². The van der Waals surface area contributed by atoms with E-state index in [0.717, 1.165) is 12.8 Å². The number of primary amides is 1. The zero-order valence-corrected chi connectivity index (χ0v) is 8.12. The molecule has 2 N–H and O–H groups in total. The first-order chi connectivity index (χ1) is 6.65. The summed E-state index contributed by atoms with van der Waals surface area (Å²) < 4.78 is 4.81. The minimum atomic E-state index is -0.754. The molecule has 1 unspecified atom stereocenters. The number of rotatable bonds is 1. The Morgan fingerprint density at radius 2 is 2.14 bits per heavy atom. The Labute approximate surface area is 82.9 Å². The van der Waals surface area contributed by atoms with E-state index in [1.165, 1.54) is 11.1 Å². The molecule has 0 radical (unpaired) electrons. The molecular formula is C11H13NO2. The summed E-state index contributed by atoms with van der Waals surface area (Å²) in [6.45, 7) is 2.22. The van der Waals surface area contributed by atoms with Gasteiger partial charge in [-0.3, -0.25) is 0 Å². The maximum atomic E-state index is 10.5. The highest BCUT2D eigenvalue weighted by Gasteiger charge is 2.18.